The minimum absolute atomic E-state index is 0.110. The molecule has 1 atom stereocenters. The van der Waals surface area contributed by atoms with E-state index >= 15 is 0 Å². The first kappa shape index (κ1) is 30.2. The van der Waals surface area contributed by atoms with Crippen LogP contribution >= 0.6 is 11.8 Å². The standard InChI is InChI=1S/C37H37N5O2S/c1-25-32(34(43)39-30-13-9-6-10-14-30)33(42-35(38-25)40-36(41-42)45-24-27-11-7-5-8-12-27)28-17-21-31(22-18-28)44-23-26-15-19-29(20-16-26)37(2,3)4/h5-22,33H,23-24H2,1-4H3,(H,39,43)(H,38,40,41). The highest BCUT2D eigenvalue weighted by Gasteiger charge is 2.34. The fourth-order valence-electron chi connectivity index (χ4n) is 5.25. The van der Waals surface area contributed by atoms with E-state index in [1.807, 2.05) is 84.4 Å². The molecular formula is C37H37N5O2S. The van der Waals surface area contributed by atoms with E-state index < -0.39 is 6.04 Å². The van der Waals surface area contributed by atoms with E-state index in [0.29, 0.717) is 23.3 Å². The molecule has 228 valence electrons. The summed E-state index contributed by atoms with van der Waals surface area (Å²) >= 11 is 1.56. The van der Waals surface area contributed by atoms with Gasteiger partial charge in [0.05, 0.1) is 5.57 Å². The number of amides is 1. The lowest BCUT2D eigenvalue weighted by atomic mass is 9.87. The van der Waals surface area contributed by atoms with Gasteiger partial charge in [0.25, 0.3) is 5.91 Å². The summed E-state index contributed by atoms with van der Waals surface area (Å²) in [6.07, 6.45) is 0. The highest BCUT2D eigenvalue weighted by Crippen LogP contribution is 2.37. The highest BCUT2D eigenvalue weighted by atomic mass is 32.2. The summed E-state index contributed by atoms with van der Waals surface area (Å²) in [5, 5.41) is 11.9. The van der Waals surface area contributed by atoms with Crippen LogP contribution in [0.3, 0.4) is 0 Å². The Labute approximate surface area is 268 Å². The van der Waals surface area contributed by atoms with Crippen molar-refractivity contribution in [1.29, 1.82) is 0 Å². The average Bonchev–Trinajstić information content (AvgIpc) is 3.45. The van der Waals surface area contributed by atoms with E-state index in [4.69, 9.17) is 14.8 Å². The second-order valence-electron chi connectivity index (χ2n) is 12.1. The van der Waals surface area contributed by atoms with Crippen molar-refractivity contribution < 1.29 is 9.53 Å². The molecule has 1 aliphatic rings. The Morgan fingerprint density at radius 1 is 0.889 bits per heavy atom. The molecule has 0 spiro atoms. The van der Waals surface area contributed by atoms with Crippen molar-refractivity contribution in [2.45, 2.75) is 56.7 Å². The van der Waals surface area contributed by atoms with Gasteiger partial charge in [0.15, 0.2) is 0 Å². The summed E-state index contributed by atoms with van der Waals surface area (Å²) in [6.45, 7) is 9.01. The first-order valence-electron chi connectivity index (χ1n) is 15.0. The van der Waals surface area contributed by atoms with Gasteiger partial charge in [-0.15, -0.1) is 5.10 Å². The number of fused-ring (bicyclic) bond motifs is 1. The maximum Gasteiger partial charge on any atom is 0.255 e. The van der Waals surface area contributed by atoms with E-state index in [1.165, 1.54) is 11.1 Å². The molecule has 1 amide bonds. The molecule has 8 heteroatoms. The molecule has 4 aromatic carbocycles. The maximum absolute atomic E-state index is 13.8. The van der Waals surface area contributed by atoms with Crippen LogP contribution in [0.25, 0.3) is 0 Å². The Kier molecular flexibility index (Phi) is 8.76. The zero-order valence-corrected chi connectivity index (χ0v) is 26.8. The van der Waals surface area contributed by atoms with Gasteiger partial charge >= 0.3 is 0 Å². The van der Waals surface area contributed by atoms with Gasteiger partial charge in [-0.25, -0.2) is 4.68 Å². The number of nitrogens with zero attached hydrogens (tertiary/aromatic N) is 3. The second-order valence-corrected chi connectivity index (χ2v) is 13.1. The number of para-hydroxylation sites is 1. The van der Waals surface area contributed by atoms with Gasteiger partial charge in [-0.2, -0.15) is 4.98 Å². The number of ether oxygens (including phenoxy) is 1. The average molecular weight is 616 g/mol. The molecule has 6 rings (SSSR count). The van der Waals surface area contributed by atoms with Gasteiger partial charge in [0.1, 0.15) is 18.4 Å². The normalized spacial score (nSPS) is 14.4. The molecule has 2 N–H and O–H groups in total. The SMILES string of the molecule is CC1=C(C(=O)Nc2ccccc2)C(c2ccc(OCc3ccc(C(C)(C)C)cc3)cc2)n2nc(SCc3ccccc3)nc2N1. The van der Waals surface area contributed by atoms with Crippen molar-refractivity contribution >= 4 is 29.3 Å². The van der Waals surface area contributed by atoms with Crippen LogP contribution in [0.15, 0.2) is 126 Å². The third-order valence-corrected chi connectivity index (χ3v) is 8.65. The molecule has 0 aliphatic carbocycles. The molecule has 1 aromatic heterocycles. The van der Waals surface area contributed by atoms with Crippen molar-refractivity contribution in [2.24, 2.45) is 0 Å². The molecule has 1 aliphatic heterocycles. The molecule has 0 bridgehead atoms. The van der Waals surface area contributed by atoms with Crippen LogP contribution in [-0.2, 0) is 22.6 Å². The molecule has 0 fully saturated rings. The lowest BCUT2D eigenvalue weighted by molar-refractivity contribution is -0.113. The number of carbonyl (C=O) groups is 1. The lowest BCUT2D eigenvalue weighted by Crippen LogP contribution is -2.31. The topological polar surface area (TPSA) is 81.1 Å². The Morgan fingerprint density at radius 3 is 2.22 bits per heavy atom. The number of anilines is 2. The highest BCUT2D eigenvalue weighted by molar-refractivity contribution is 7.98. The smallest absolute Gasteiger partial charge is 0.255 e. The van der Waals surface area contributed by atoms with Gasteiger partial charge in [-0.05, 0) is 58.9 Å². The molecule has 7 nitrogen and oxygen atoms in total. The quantitative estimate of drug-likeness (QED) is 0.162. The van der Waals surface area contributed by atoms with Crippen LogP contribution in [0, 0.1) is 0 Å². The predicted octanol–water partition coefficient (Wildman–Crippen LogP) is 8.37. The van der Waals surface area contributed by atoms with Crippen molar-refractivity contribution in [1.82, 2.24) is 14.8 Å². The van der Waals surface area contributed by atoms with Gasteiger partial charge in [0.2, 0.25) is 11.1 Å². The Hall–Kier alpha value is -4.82. The second kappa shape index (κ2) is 13.0. The van der Waals surface area contributed by atoms with Crippen molar-refractivity contribution in [3.05, 3.63) is 143 Å². The molecule has 2 heterocycles. The first-order chi connectivity index (χ1) is 21.7. The third kappa shape index (κ3) is 7.13. The Balaban J connectivity index is 1.25. The van der Waals surface area contributed by atoms with E-state index in [0.717, 1.165) is 34.0 Å². The minimum Gasteiger partial charge on any atom is -0.489 e. The zero-order valence-electron chi connectivity index (χ0n) is 26.0. The number of carbonyl (C=O) groups excluding carboxylic acids is 1. The lowest BCUT2D eigenvalue weighted by Gasteiger charge is -2.28. The van der Waals surface area contributed by atoms with Gasteiger partial charge in [0, 0.05) is 17.1 Å². The summed E-state index contributed by atoms with van der Waals surface area (Å²) < 4.78 is 7.95. The Morgan fingerprint density at radius 2 is 1.56 bits per heavy atom. The summed E-state index contributed by atoms with van der Waals surface area (Å²) in [5.41, 5.74) is 6.64. The van der Waals surface area contributed by atoms with Crippen LogP contribution in [0.2, 0.25) is 0 Å². The number of thioether (sulfide) groups is 1. The van der Waals surface area contributed by atoms with Crippen LogP contribution in [0.1, 0.15) is 56.0 Å². The molecular weight excluding hydrogens is 579 g/mol. The van der Waals surface area contributed by atoms with Gasteiger partial charge < -0.3 is 15.4 Å². The number of allylic oxidation sites excluding steroid dienone is 1. The van der Waals surface area contributed by atoms with E-state index in [9.17, 15) is 4.79 Å². The maximum atomic E-state index is 13.8. The summed E-state index contributed by atoms with van der Waals surface area (Å²) in [5.74, 6) is 1.90. The van der Waals surface area contributed by atoms with E-state index in [1.54, 1.807) is 11.8 Å². The van der Waals surface area contributed by atoms with Crippen molar-refractivity contribution in [2.75, 3.05) is 10.6 Å². The molecule has 0 saturated carbocycles. The van der Waals surface area contributed by atoms with Crippen LogP contribution in [0.5, 0.6) is 5.75 Å². The molecule has 45 heavy (non-hydrogen) atoms. The largest absolute Gasteiger partial charge is 0.489 e. The number of nitrogens with one attached hydrogen (secondary N) is 2. The monoisotopic (exact) mass is 615 g/mol. The molecule has 0 radical (unpaired) electrons. The van der Waals surface area contributed by atoms with Gasteiger partial charge in [-0.3, -0.25) is 4.79 Å². The molecule has 5 aromatic rings. The number of hydrogen-bond acceptors (Lipinski definition) is 6. The van der Waals surface area contributed by atoms with Crippen LogP contribution in [0.4, 0.5) is 11.6 Å². The number of benzene rings is 4. The van der Waals surface area contributed by atoms with Gasteiger partial charge in [-0.1, -0.05) is 117 Å². The fourth-order valence-corrected chi connectivity index (χ4v) is 6.04. The first-order valence-corrected chi connectivity index (χ1v) is 16.0. The molecule has 1 unspecified atom stereocenters. The van der Waals surface area contributed by atoms with Crippen LogP contribution in [-0.4, -0.2) is 20.7 Å². The molecule has 0 saturated heterocycles. The van der Waals surface area contributed by atoms with E-state index in [-0.39, 0.29) is 11.3 Å². The van der Waals surface area contributed by atoms with Crippen LogP contribution < -0.4 is 15.4 Å². The van der Waals surface area contributed by atoms with E-state index in [2.05, 4.69) is 67.8 Å². The Bertz CT molecular complexity index is 1790. The summed E-state index contributed by atoms with van der Waals surface area (Å²) in [6, 6.07) is 35.7. The number of hydrogen-bond donors (Lipinski definition) is 2. The number of aromatic nitrogens is 3. The minimum atomic E-state index is -0.484. The number of rotatable bonds is 9. The zero-order chi connectivity index (χ0) is 31.4. The summed E-state index contributed by atoms with van der Waals surface area (Å²) in [4.78, 5) is 18.6. The third-order valence-electron chi connectivity index (χ3n) is 7.74. The summed E-state index contributed by atoms with van der Waals surface area (Å²) in [7, 11) is 0. The fraction of sp³-hybridized carbons (Fsp3) is 0.216. The van der Waals surface area contributed by atoms with Crippen molar-refractivity contribution in [3.63, 3.8) is 0 Å². The van der Waals surface area contributed by atoms with Crippen molar-refractivity contribution in [3.8, 4) is 5.75 Å². The predicted molar refractivity (Wildman–Crippen MR) is 181 cm³/mol.